The molecular formula is C17H22ClNO4. The number of epoxide rings is 1. The summed E-state index contributed by atoms with van der Waals surface area (Å²) in [6.07, 6.45) is 2.26. The lowest BCUT2D eigenvalue weighted by atomic mass is 9.97. The molecule has 5 nitrogen and oxygen atoms in total. The highest BCUT2D eigenvalue weighted by Gasteiger charge is 2.62. The Morgan fingerprint density at radius 1 is 1.30 bits per heavy atom. The number of carbonyl (C=O) groups excluding carboxylic acids is 1. The highest BCUT2D eigenvalue weighted by atomic mass is 35.5. The molecule has 126 valence electrons. The smallest absolute Gasteiger partial charge is 0.316 e. The third-order valence-electron chi connectivity index (χ3n) is 5.33. The zero-order chi connectivity index (χ0) is 15.3. The fourth-order valence-corrected chi connectivity index (χ4v) is 4.04. The van der Waals surface area contributed by atoms with Crippen LogP contribution in [0.1, 0.15) is 24.3 Å². The lowest BCUT2D eigenvalue weighted by Crippen LogP contribution is -2.48. The molecule has 0 saturated carbocycles. The monoisotopic (exact) mass is 339 g/mol. The van der Waals surface area contributed by atoms with Crippen molar-refractivity contribution in [1.82, 2.24) is 4.90 Å². The molecule has 1 aromatic carbocycles. The Hall–Kier alpha value is -1.14. The molecule has 2 bridgehead atoms. The van der Waals surface area contributed by atoms with E-state index in [9.17, 15) is 9.90 Å². The van der Waals surface area contributed by atoms with Crippen molar-refractivity contribution in [2.45, 2.75) is 49.2 Å². The van der Waals surface area contributed by atoms with Gasteiger partial charge in [-0.3, -0.25) is 9.69 Å². The van der Waals surface area contributed by atoms with Gasteiger partial charge in [0.1, 0.15) is 24.2 Å². The summed E-state index contributed by atoms with van der Waals surface area (Å²) in [6, 6.07) is 10.1. The molecule has 3 saturated heterocycles. The van der Waals surface area contributed by atoms with Gasteiger partial charge in [0, 0.05) is 24.9 Å². The highest BCUT2D eigenvalue weighted by molar-refractivity contribution is 5.85. The second-order valence-electron chi connectivity index (χ2n) is 6.54. The largest absolute Gasteiger partial charge is 0.462 e. The number of fused-ring (bicyclic) bond motifs is 5. The molecule has 3 aliphatic heterocycles. The number of hydrogen-bond acceptors (Lipinski definition) is 5. The number of likely N-dealkylation sites (N-methyl/N-ethyl adjacent to an activating group) is 1. The van der Waals surface area contributed by atoms with Gasteiger partial charge in [0.15, 0.2) is 0 Å². The summed E-state index contributed by atoms with van der Waals surface area (Å²) < 4.78 is 11.4. The minimum absolute atomic E-state index is 0. The molecule has 6 heteroatoms. The Labute approximate surface area is 142 Å². The van der Waals surface area contributed by atoms with Crippen molar-refractivity contribution in [1.29, 1.82) is 0 Å². The van der Waals surface area contributed by atoms with Crippen LogP contribution in [0.2, 0.25) is 0 Å². The minimum atomic E-state index is -0.593. The molecule has 0 amide bonds. The Bertz CT molecular complexity index is 551. The van der Waals surface area contributed by atoms with Crippen LogP contribution >= 0.6 is 12.4 Å². The van der Waals surface area contributed by atoms with Crippen molar-refractivity contribution in [3.8, 4) is 0 Å². The molecule has 0 spiro atoms. The van der Waals surface area contributed by atoms with Crippen LogP contribution in [0.4, 0.5) is 0 Å². The van der Waals surface area contributed by atoms with E-state index >= 15 is 0 Å². The van der Waals surface area contributed by atoms with Crippen molar-refractivity contribution < 1.29 is 19.4 Å². The van der Waals surface area contributed by atoms with Gasteiger partial charge in [0.05, 0.1) is 6.61 Å². The van der Waals surface area contributed by atoms with Gasteiger partial charge in [-0.05, 0) is 12.6 Å². The van der Waals surface area contributed by atoms with Crippen LogP contribution in [-0.4, -0.2) is 60.0 Å². The summed E-state index contributed by atoms with van der Waals surface area (Å²) in [5, 5.41) is 9.56. The molecule has 1 unspecified atom stereocenters. The number of halogens is 1. The summed E-state index contributed by atoms with van der Waals surface area (Å²) in [6.45, 7) is -0.226. The Balaban J connectivity index is 0.00000156. The summed E-state index contributed by atoms with van der Waals surface area (Å²) >= 11 is 0. The average molecular weight is 340 g/mol. The van der Waals surface area contributed by atoms with Crippen molar-refractivity contribution >= 4 is 18.4 Å². The maximum absolute atomic E-state index is 12.4. The van der Waals surface area contributed by atoms with Crippen LogP contribution in [0.5, 0.6) is 0 Å². The molecular weight excluding hydrogens is 318 g/mol. The van der Waals surface area contributed by atoms with Gasteiger partial charge in [-0.2, -0.15) is 0 Å². The number of benzene rings is 1. The zero-order valence-corrected chi connectivity index (χ0v) is 13.8. The van der Waals surface area contributed by atoms with Gasteiger partial charge < -0.3 is 14.6 Å². The molecule has 3 heterocycles. The molecule has 0 aromatic heterocycles. The first-order valence-electron chi connectivity index (χ1n) is 7.92. The van der Waals surface area contributed by atoms with Crippen molar-refractivity contribution in [3.05, 3.63) is 35.9 Å². The van der Waals surface area contributed by atoms with Crippen molar-refractivity contribution in [2.75, 3.05) is 13.7 Å². The number of morpholine rings is 1. The van der Waals surface area contributed by atoms with Crippen LogP contribution in [0.25, 0.3) is 0 Å². The summed E-state index contributed by atoms with van der Waals surface area (Å²) in [4.78, 5) is 14.8. The predicted molar refractivity (Wildman–Crippen MR) is 86.6 cm³/mol. The van der Waals surface area contributed by atoms with Crippen LogP contribution < -0.4 is 0 Å². The van der Waals surface area contributed by atoms with Crippen LogP contribution in [0.3, 0.4) is 0 Å². The van der Waals surface area contributed by atoms with E-state index in [0.717, 1.165) is 18.4 Å². The standard InChI is InChI=1S/C17H21NO4.ClH/c1-18-13-7-11(8-14(18)16-15(13)22-16)21-17(20)12(9-19)10-5-3-2-4-6-10;/h2-6,11-16,19H,7-9H2,1H3;1H/t11?,12-,13-,14+,15+,16+;/m1./s1. The number of ether oxygens (including phenoxy) is 2. The number of rotatable bonds is 4. The van der Waals surface area contributed by atoms with Gasteiger partial charge in [-0.15, -0.1) is 12.4 Å². The van der Waals surface area contributed by atoms with Crippen LogP contribution in [0, 0.1) is 0 Å². The number of piperidine rings is 1. The van der Waals surface area contributed by atoms with E-state index in [4.69, 9.17) is 9.47 Å². The molecule has 1 aromatic rings. The Kier molecular flexibility index (Phi) is 4.65. The molecule has 0 aliphatic carbocycles. The fourth-order valence-electron chi connectivity index (χ4n) is 4.04. The van der Waals surface area contributed by atoms with E-state index in [1.165, 1.54) is 0 Å². The molecule has 3 aliphatic rings. The van der Waals surface area contributed by atoms with Gasteiger partial charge in [-0.1, -0.05) is 30.3 Å². The molecule has 1 N–H and O–H groups in total. The van der Waals surface area contributed by atoms with E-state index < -0.39 is 5.92 Å². The van der Waals surface area contributed by atoms with Crippen LogP contribution in [-0.2, 0) is 14.3 Å². The molecule has 23 heavy (non-hydrogen) atoms. The first-order chi connectivity index (χ1) is 10.7. The fraction of sp³-hybridized carbons (Fsp3) is 0.588. The Morgan fingerprint density at radius 2 is 1.91 bits per heavy atom. The predicted octanol–water partition coefficient (Wildman–Crippen LogP) is 1.34. The molecule has 0 radical (unpaired) electrons. The summed E-state index contributed by atoms with van der Waals surface area (Å²) in [5.74, 6) is -0.915. The molecule has 4 rings (SSSR count). The highest BCUT2D eigenvalue weighted by Crippen LogP contribution is 2.48. The normalized spacial score (nSPS) is 35.8. The second kappa shape index (κ2) is 6.40. The second-order valence-corrected chi connectivity index (χ2v) is 6.54. The SMILES string of the molecule is CN1[C@@H]2CC(OC(=O)[C@H](CO)c3ccccc3)C[C@H]1[C@@H]1O[C@H]12.Cl. The summed E-state index contributed by atoms with van der Waals surface area (Å²) in [5.41, 5.74) is 0.803. The van der Waals surface area contributed by atoms with E-state index in [2.05, 4.69) is 11.9 Å². The molecule has 3 fully saturated rings. The van der Waals surface area contributed by atoms with E-state index in [1.54, 1.807) is 0 Å². The van der Waals surface area contributed by atoms with E-state index in [0.29, 0.717) is 24.3 Å². The number of carbonyl (C=O) groups is 1. The average Bonchev–Trinajstić information content (AvgIpc) is 3.27. The van der Waals surface area contributed by atoms with Gasteiger partial charge in [0.25, 0.3) is 0 Å². The number of aliphatic hydroxyl groups is 1. The molecule has 6 atom stereocenters. The van der Waals surface area contributed by atoms with Crippen LogP contribution in [0.15, 0.2) is 30.3 Å². The van der Waals surface area contributed by atoms with E-state index in [1.807, 2.05) is 30.3 Å². The quantitative estimate of drug-likeness (QED) is 0.662. The van der Waals surface area contributed by atoms with Gasteiger partial charge in [0.2, 0.25) is 0 Å². The number of hydrogen-bond donors (Lipinski definition) is 1. The first-order valence-corrected chi connectivity index (χ1v) is 7.92. The zero-order valence-electron chi connectivity index (χ0n) is 13.0. The lowest BCUT2D eigenvalue weighted by Gasteiger charge is -2.38. The van der Waals surface area contributed by atoms with Gasteiger partial charge >= 0.3 is 5.97 Å². The van der Waals surface area contributed by atoms with Gasteiger partial charge in [-0.25, -0.2) is 0 Å². The van der Waals surface area contributed by atoms with Crippen molar-refractivity contribution in [3.63, 3.8) is 0 Å². The lowest BCUT2D eigenvalue weighted by molar-refractivity contribution is -0.156. The topological polar surface area (TPSA) is 62.3 Å². The number of nitrogens with zero attached hydrogens (tertiary/aromatic N) is 1. The maximum atomic E-state index is 12.4. The maximum Gasteiger partial charge on any atom is 0.316 e. The number of aliphatic hydroxyl groups excluding tert-OH is 1. The third kappa shape index (κ3) is 2.87. The summed E-state index contributed by atoms with van der Waals surface area (Å²) in [7, 11) is 2.13. The number of esters is 1. The Morgan fingerprint density at radius 3 is 2.48 bits per heavy atom. The first kappa shape index (κ1) is 16.7. The van der Waals surface area contributed by atoms with E-state index in [-0.39, 0.29) is 31.1 Å². The minimum Gasteiger partial charge on any atom is -0.462 e. The third-order valence-corrected chi connectivity index (χ3v) is 5.33. The van der Waals surface area contributed by atoms with Crippen molar-refractivity contribution in [2.24, 2.45) is 0 Å².